The topological polar surface area (TPSA) is 38.5 Å². The third kappa shape index (κ3) is 4.23. The predicted molar refractivity (Wildman–Crippen MR) is 71.0 cm³/mol. The Hall–Kier alpha value is -0.120. The van der Waals surface area contributed by atoms with Crippen LogP contribution in [0.2, 0.25) is 0 Å². The summed E-state index contributed by atoms with van der Waals surface area (Å²) in [4.78, 5) is 2.61. The van der Waals surface area contributed by atoms with Gasteiger partial charge in [0.05, 0.1) is 12.2 Å². The number of ether oxygens (including phenoxy) is 1. The molecule has 0 aliphatic carbocycles. The van der Waals surface area contributed by atoms with E-state index in [1.165, 1.54) is 38.6 Å². The lowest BCUT2D eigenvalue weighted by Gasteiger charge is -2.33. The van der Waals surface area contributed by atoms with Gasteiger partial charge >= 0.3 is 0 Å². The zero-order valence-electron chi connectivity index (χ0n) is 11.4. The first kappa shape index (κ1) is 13.3. The Labute approximate surface area is 106 Å². The minimum atomic E-state index is 0.362. The molecular weight excluding hydrogens is 212 g/mol. The molecule has 0 aromatic carbocycles. The lowest BCUT2D eigenvalue weighted by Crippen LogP contribution is -2.44. The number of hydrogen-bond acceptors (Lipinski definition) is 3. The number of hydrogen-bond donors (Lipinski definition) is 1. The molecule has 0 aromatic heterocycles. The number of fused-ring (bicyclic) bond motifs is 2. The second-order valence-corrected chi connectivity index (χ2v) is 6.19. The van der Waals surface area contributed by atoms with Crippen LogP contribution >= 0.6 is 0 Å². The van der Waals surface area contributed by atoms with Crippen molar-refractivity contribution in [3.8, 4) is 0 Å². The summed E-state index contributed by atoms with van der Waals surface area (Å²) in [5.74, 6) is 0.797. The number of nitrogens with zero attached hydrogens (tertiary/aromatic N) is 1. The summed E-state index contributed by atoms with van der Waals surface area (Å²) < 4.78 is 5.86. The highest BCUT2D eigenvalue weighted by molar-refractivity contribution is 4.85. The number of rotatable bonds is 6. The summed E-state index contributed by atoms with van der Waals surface area (Å²) >= 11 is 0. The third-order valence-electron chi connectivity index (χ3n) is 4.05. The molecule has 3 heteroatoms. The zero-order valence-corrected chi connectivity index (χ0v) is 11.4. The highest BCUT2D eigenvalue weighted by Crippen LogP contribution is 2.27. The molecule has 0 spiro atoms. The summed E-state index contributed by atoms with van der Waals surface area (Å²) in [7, 11) is 0. The molecular formula is C14H28N2O. The van der Waals surface area contributed by atoms with Crippen LogP contribution in [0.25, 0.3) is 0 Å². The quantitative estimate of drug-likeness (QED) is 0.772. The molecule has 0 amide bonds. The average molecular weight is 240 g/mol. The smallest absolute Gasteiger partial charge is 0.0707 e. The van der Waals surface area contributed by atoms with E-state index < -0.39 is 0 Å². The van der Waals surface area contributed by atoms with Crippen molar-refractivity contribution in [1.29, 1.82) is 0 Å². The molecule has 2 bridgehead atoms. The molecule has 3 nitrogen and oxygen atoms in total. The van der Waals surface area contributed by atoms with Crippen LogP contribution in [-0.4, -0.2) is 42.8 Å². The van der Waals surface area contributed by atoms with Crippen molar-refractivity contribution >= 4 is 0 Å². The standard InChI is InChI=1S/C14H28N2O/c1-11(4-3-5-12(2)15)8-16-9-13-6-7-14(10-16)17-13/h11-14H,3-10,15H2,1-2H3. The minimum absolute atomic E-state index is 0.362. The molecule has 0 saturated carbocycles. The fourth-order valence-electron chi connectivity index (χ4n) is 3.17. The Morgan fingerprint density at radius 1 is 1.18 bits per heavy atom. The Kier molecular flexibility index (Phi) is 4.83. The Bertz CT molecular complexity index is 220. The first-order valence-electron chi connectivity index (χ1n) is 7.27. The summed E-state index contributed by atoms with van der Waals surface area (Å²) in [5, 5.41) is 0. The third-order valence-corrected chi connectivity index (χ3v) is 4.05. The van der Waals surface area contributed by atoms with E-state index in [1.54, 1.807) is 0 Å². The maximum Gasteiger partial charge on any atom is 0.0707 e. The first-order valence-corrected chi connectivity index (χ1v) is 7.27. The maximum absolute atomic E-state index is 5.86. The van der Waals surface area contributed by atoms with Gasteiger partial charge in [0.1, 0.15) is 0 Å². The minimum Gasteiger partial charge on any atom is -0.372 e. The molecule has 2 heterocycles. The van der Waals surface area contributed by atoms with Crippen LogP contribution in [0.1, 0.15) is 46.0 Å². The summed E-state index contributed by atoms with van der Waals surface area (Å²) in [6.45, 7) is 8.04. The van der Waals surface area contributed by atoms with Gasteiger partial charge in [-0.2, -0.15) is 0 Å². The van der Waals surface area contributed by atoms with E-state index in [-0.39, 0.29) is 0 Å². The maximum atomic E-state index is 5.86. The van der Waals surface area contributed by atoms with Crippen molar-refractivity contribution in [2.75, 3.05) is 19.6 Å². The van der Waals surface area contributed by atoms with Crippen LogP contribution in [0.4, 0.5) is 0 Å². The summed E-state index contributed by atoms with van der Waals surface area (Å²) in [6.07, 6.45) is 7.37. The van der Waals surface area contributed by atoms with Crippen molar-refractivity contribution in [3.63, 3.8) is 0 Å². The van der Waals surface area contributed by atoms with Crippen molar-refractivity contribution in [2.45, 2.75) is 64.2 Å². The molecule has 2 fully saturated rings. The van der Waals surface area contributed by atoms with Gasteiger partial charge in [0, 0.05) is 25.7 Å². The fourth-order valence-corrected chi connectivity index (χ4v) is 3.17. The monoisotopic (exact) mass is 240 g/mol. The van der Waals surface area contributed by atoms with Gasteiger partial charge in [0.2, 0.25) is 0 Å². The highest BCUT2D eigenvalue weighted by atomic mass is 16.5. The summed E-state index contributed by atoms with van der Waals surface area (Å²) in [6, 6.07) is 0.362. The van der Waals surface area contributed by atoms with Gasteiger partial charge in [-0.15, -0.1) is 0 Å². The number of likely N-dealkylation sites (tertiary alicyclic amines) is 1. The van der Waals surface area contributed by atoms with Gasteiger partial charge in [-0.1, -0.05) is 13.3 Å². The van der Waals surface area contributed by atoms with Crippen molar-refractivity contribution < 1.29 is 4.74 Å². The van der Waals surface area contributed by atoms with Crippen LogP contribution in [-0.2, 0) is 4.74 Å². The Morgan fingerprint density at radius 2 is 1.82 bits per heavy atom. The predicted octanol–water partition coefficient (Wildman–Crippen LogP) is 2.00. The molecule has 2 aliphatic heterocycles. The van der Waals surface area contributed by atoms with Crippen LogP contribution in [0.3, 0.4) is 0 Å². The van der Waals surface area contributed by atoms with E-state index in [1.807, 2.05) is 0 Å². The van der Waals surface area contributed by atoms with Gasteiger partial charge in [-0.3, -0.25) is 4.90 Å². The molecule has 4 unspecified atom stereocenters. The molecule has 4 atom stereocenters. The normalized spacial score (nSPS) is 32.6. The lowest BCUT2D eigenvalue weighted by molar-refractivity contribution is -0.0421. The Morgan fingerprint density at radius 3 is 2.41 bits per heavy atom. The van der Waals surface area contributed by atoms with E-state index in [0.29, 0.717) is 18.2 Å². The van der Waals surface area contributed by atoms with Crippen molar-refractivity contribution in [3.05, 3.63) is 0 Å². The van der Waals surface area contributed by atoms with E-state index >= 15 is 0 Å². The molecule has 0 radical (unpaired) electrons. The number of nitrogens with two attached hydrogens (primary N) is 1. The second-order valence-electron chi connectivity index (χ2n) is 6.19. The molecule has 2 N–H and O–H groups in total. The average Bonchev–Trinajstić information content (AvgIpc) is 2.57. The first-order chi connectivity index (χ1) is 8.13. The fraction of sp³-hybridized carbons (Fsp3) is 1.00. The lowest BCUT2D eigenvalue weighted by atomic mass is 10.0. The van der Waals surface area contributed by atoms with Crippen molar-refractivity contribution in [2.24, 2.45) is 11.7 Å². The Balaban J connectivity index is 1.63. The molecule has 17 heavy (non-hydrogen) atoms. The molecule has 100 valence electrons. The van der Waals surface area contributed by atoms with Gasteiger partial charge in [0.15, 0.2) is 0 Å². The van der Waals surface area contributed by atoms with Crippen LogP contribution in [0.5, 0.6) is 0 Å². The molecule has 0 aromatic rings. The largest absolute Gasteiger partial charge is 0.372 e. The molecule has 2 aliphatic rings. The summed E-state index contributed by atoms with van der Waals surface area (Å²) in [5.41, 5.74) is 5.78. The molecule has 2 rings (SSSR count). The van der Waals surface area contributed by atoms with Crippen LogP contribution in [0.15, 0.2) is 0 Å². The van der Waals surface area contributed by atoms with E-state index in [0.717, 1.165) is 19.0 Å². The highest BCUT2D eigenvalue weighted by Gasteiger charge is 2.33. The number of morpholine rings is 1. The van der Waals surface area contributed by atoms with Gasteiger partial charge in [-0.05, 0) is 38.5 Å². The van der Waals surface area contributed by atoms with E-state index in [9.17, 15) is 0 Å². The molecule has 2 saturated heterocycles. The van der Waals surface area contributed by atoms with Crippen LogP contribution < -0.4 is 5.73 Å². The van der Waals surface area contributed by atoms with Gasteiger partial charge in [-0.25, -0.2) is 0 Å². The second kappa shape index (κ2) is 6.17. The van der Waals surface area contributed by atoms with Gasteiger partial charge < -0.3 is 10.5 Å². The van der Waals surface area contributed by atoms with E-state index in [2.05, 4.69) is 18.7 Å². The van der Waals surface area contributed by atoms with E-state index in [4.69, 9.17) is 10.5 Å². The SMILES string of the molecule is CC(N)CCCC(C)CN1CC2CCC(C1)O2. The zero-order chi connectivity index (χ0) is 12.3. The van der Waals surface area contributed by atoms with Crippen molar-refractivity contribution in [1.82, 2.24) is 4.90 Å². The van der Waals surface area contributed by atoms with Gasteiger partial charge in [0.25, 0.3) is 0 Å². The van der Waals surface area contributed by atoms with Crippen LogP contribution in [0, 0.1) is 5.92 Å².